The van der Waals surface area contributed by atoms with Crippen molar-refractivity contribution in [1.29, 1.82) is 0 Å². The van der Waals surface area contributed by atoms with Gasteiger partial charge in [0.15, 0.2) is 0 Å². The molecule has 0 saturated carbocycles. The fourth-order valence-corrected chi connectivity index (χ4v) is 4.02. The minimum atomic E-state index is -0.134. The van der Waals surface area contributed by atoms with Gasteiger partial charge in [-0.3, -0.25) is 19.3 Å². The average Bonchev–Trinajstić information content (AvgIpc) is 3.18. The Morgan fingerprint density at radius 2 is 1.81 bits per heavy atom. The van der Waals surface area contributed by atoms with Gasteiger partial charge in [-0.2, -0.15) is 5.10 Å². The minimum Gasteiger partial charge on any atom is -0.346 e. The summed E-state index contributed by atoms with van der Waals surface area (Å²) < 4.78 is 1.69. The summed E-state index contributed by atoms with van der Waals surface area (Å²) >= 11 is 0. The van der Waals surface area contributed by atoms with Gasteiger partial charge in [0.05, 0.1) is 23.5 Å². The van der Waals surface area contributed by atoms with E-state index in [1.165, 1.54) is 0 Å². The summed E-state index contributed by atoms with van der Waals surface area (Å²) in [7, 11) is 1.83. The van der Waals surface area contributed by atoms with E-state index >= 15 is 0 Å². The van der Waals surface area contributed by atoms with Crippen LogP contribution in [0.3, 0.4) is 0 Å². The number of nitrogens with one attached hydrogen (secondary N) is 1. The Labute approximate surface area is 182 Å². The van der Waals surface area contributed by atoms with Crippen molar-refractivity contribution in [3.05, 3.63) is 83.4 Å². The number of pyridine rings is 1. The van der Waals surface area contributed by atoms with Gasteiger partial charge in [-0.05, 0) is 49.4 Å². The molecular formula is C24H27N5O2. The summed E-state index contributed by atoms with van der Waals surface area (Å²) in [6.07, 6.45) is 6.04. The lowest BCUT2D eigenvalue weighted by atomic mass is 9.91. The van der Waals surface area contributed by atoms with E-state index in [4.69, 9.17) is 0 Å². The van der Waals surface area contributed by atoms with Crippen molar-refractivity contribution in [1.82, 2.24) is 25.0 Å². The molecule has 7 nitrogen and oxygen atoms in total. The largest absolute Gasteiger partial charge is 0.346 e. The second-order valence-electron chi connectivity index (χ2n) is 7.97. The zero-order valence-corrected chi connectivity index (χ0v) is 17.7. The number of aromatic nitrogens is 3. The monoisotopic (exact) mass is 417 g/mol. The summed E-state index contributed by atoms with van der Waals surface area (Å²) in [5.74, 6) is 0.356. The van der Waals surface area contributed by atoms with E-state index in [2.05, 4.69) is 15.4 Å². The van der Waals surface area contributed by atoms with Crippen LogP contribution in [0.5, 0.6) is 0 Å². The summed E-state index contributed by atoms with van der Waals surface area (Å²) in [4.78, 5) is 31.6. The van der Waals surface area contributed by atoms with Gasteiger partial charge in [0.25, 0.3) is 11.8 Å². The molecule has 4 rings (SSSR count). The molecule has 7 heteroatoms. The molecule has 0 bridgehead atoms. The van der Waals surface area contributed by atoms with Gasteiger partial charge in [-0.25, -0.2) is 0 Å². The maximum atomic E-state index is 12.7. The number of hydrogen-bond donors (Lipinski definition) is 1. The van der Waals surface area contributed by atoms with Crippen LogP contribution in [0.15, 0.2) is 60.9 Å². The molecule has 0 unspecified atom stereocenters. The number of aryl methyl sites for hydroxylation is 1. The molecule has 1 N–H and O–H groups in total. The Morgan fingerprint density at radius 1 is 1.06 bits per heavy atom. The van der Waals surface area contributed by atoms with Gasteiger partial charge in [-0.1, -0.05) is 24.3 Å². The molecule has 1 aliphatic heterocycles. The van der Waals surface area contributed by atoms with Crippen molar-refractivity contribution in [2.75, 3.05) is 13.1 Å². The van der Waals surface area contributed by atoms with Crippen LogP contribution in [0.2, 0.25) is 0 Å². The van der Waals surface area contributed by atoms with Crippen molar-refractivity contribution in [2.24, 2.45) is 13.0 Å². The highest BCUT2D eigenvalue weighted by Crippen LogP contribution is 2.24. The summed E-state index contributed by atoms with van der Waals surface area (Å²) in [5, 5.41) is 7.48. The molecule has 0 aliphatic carbocycles. The second-order valence-corrected chi connectivity index (χ2v) is 7.97. The first kappa shape index (κ1) is 20.8. The number of rotatable bonds is 6. The first-order valence-electron chi connectivity index (χ1n) is 10.6. The standard InChI is InChI=1S/C24H27N5O2/c1-28-17-21(23(30)26-16-20-9-5-6-12-25-20)22(27-28)15-18-10-13-29(14-11-18)24(31)19-7-3-2-4-8-19/h2-9,12,17-18H,10-11,13-16H2,1H3,(H,26,30). The highest BCUT2D eigenvalue weighted by molar-refractivity contribution is 5.95. The molecule has 31 heavy (non-hydrogen) atoms. The van der Waals surface area contributed by atoms with Gasteiger partial charge >= 0.3 is 0 Å². The number of carbonyl (C=O) groups is 2. The van der Waals surface area contributed by atoms with Crippen molar-refractivity contribution < 1.29 is 9.59 Å². The molecule has 1 saturated heterocycles. The zero-order chi connectivity index (χ0) is 21.6. The topological polar surface area (TPSA) is 80.1 Å². The van der Waals surface area contributed by atoms with E-state index in [9.17, 15) is 9.59 Å². The third kappa shape index (κ3) is 5.17. The van der Waals surface area contributed by atoms with E-state index in [0.29, 0.717) is 18.0 Å². The molecular weight excluding hydrogens is 390 g/mol. The molecule has 1 fully saturated rings. The van der Waals surface area contributed by atoms with Crippen molar-refractivity contribution in [2.45, 2.75) is 25.8 Å². The van der Waals surface area contributed by atoms with Crippen LogP contribution < -0.4 is 5.32 Å². The fourth-order valence-electron chi connectivity index (χ4n) is 4.02. The van der Waals surface area contributed by atoms with Gasteiger partial charge in [-0.15, -0.1) is 0 Å². The lowest BCUT2D eigenvalue weighted by Gasteiger charge is -2.32. The zero-order valence-electron chi connectivity index (χ0n) is 17.7. The van der Waals surface area contributed by atoms with E-state index in [0.717, 1.165) is 49.3 Å². The predicted octanol–water partition coefficient (Wildman–Crippen LogP) is 2.84. The Morgan fingerprint density at radius 3 is 2.52 bits per heavy atom. The van der Waals surface area contributed by atoms with Crippen molar-refractivity contribution in [3.63, 3.8) is 0 Å². The number of hydrogen-bond acceptors (Lipinski definition) is 4. The molecule has 0 spiro atoms. The van der Waals surface area contributed by atoms with E-state index in [-0.39, 0.29) is 11.8 Å². The van der Waals surface area contributed by atoms with Gasteiger partial charge in [0.2, 0.25) is 0 Å². The SMILES string of the molecule is Cn1cc(C(=O)NCc2ccccn2)c(CC2CCN(C(=O)c3ccccc3)CC2)n1. The smallest absolute Gasteiger partial charge is 0.255 e. The van der Waals surface area contributed by atoms with E-state index < -0.39 is 0 Å². The van der Waals surface area contributed by atoms with Crippen molar-refractivity contribution >= 4 is 11.8 Å². The fraction of sp³-hybridized carbons (Fsp3) is 0.333. The highest BCUT2D eigenvalue weighted by atomic mass is 16.2. The van der Waals surface area contributed by atoms with Gasteiger partial charge < -0.3 is 10.2 Å². The molecule has 3 aromatic rings. The summed E-state index contributed by atoms with van der Waals surface area (Å²) in [6.45, 7) is 1.84. The third-order valence-corrected chi connectivity index (χ3v) is 5.71. The van der Waals surface area contributed by atoms with E-state index in [1.807, 2.05) is 60.5 Å². The number of piperidine rings is 1. The average molecular weight is 418 g/mol. The Kier molecular flexibility index (Phi) is 6.40. The van der Waals surface area contributed by atoms with Crippen LogP contribution in [0, 0.1) is 5.92 Å². The molecule has 2 amide bonds. The summed E-state index contributed by atoms with van der Waals surface area (Å²) in [5.41, 5.74) is 2.98. The van der Waals surface area contributed by atoms with Crippen LogP contribution in [-0.4, -0.2) is 44.6 Å². The first-order chi connectivity index (χ1) is 15.1. The van der Waals surface area contributed by atoms with Crippen LogP contribution in [0.4, 0.5) is 0 Å². The second kappa shape index (κ2) is 9.55. The Balaban J connectivity index is 1.34. The van der Waals surface area contributed by atoms with Crippen molar-refractivity contribution in [3.8, 4) is 0 Å². The minimum absolute atomic E-state index is 0.0893. The van der Waals surface area contributed by atoms with E-state index in [1.54, 1.807) is 17.1 Å². The number of benzene rings is 1. The number of amides is 2. The number of likely N-dealkylation sites (tertiary alicyclic amines) is 1. The predicted molar refractivity (Wildman–Crippen MR) is 117 cm³/mol. The maximum Gasteiger partial charge on any atom is 0.255 e. The molecule has 0 radical (unpaired) electrons. The number of carbonyl (C=O) groups excluding carboxylic acids is 2. The molecule has 1 aliphatic rings. The number of nitrogens with zero attached hydrogens (tertiary/aromatic N) is 4. The van der Waals surface area contributed by atoms with Crippen LogP contribution in [0.25, 0.3) is 0 Å². The quantitative estimate of drug-likeness (QED) is 0.669. The van der Waals surface area contributed by atoms with Crippen LogP contribution in [0.1, 0.15) is 44.9 Å². The maximum absolute atomic E-state index is 12.7. The van der Waals surface area contributed by atoms with Crippen LogP contribution >= 0.6 is 0 Å². The molecule has 1 aromatic carbocycles. The highest BCUT2D eigenvalue weighted by Gasteiger charge is 2.26. The first-order valence-corrected chi connectivity index (χ1v) is 10.6. The normalized spacial score (nSPS) is 14.4. The molecule has 160 valence electrons. The lowest BCUT2D eigenvalue weighted by molar-refractivity contribution is 0.0690. The van der Waals surface area contributed by atoms with Crippen LogP contribution in [-0.2, 0) is 20.0 Å². The lowest BCUT2D eigenvalue weighted by Crippen LogP contribution is -2.39. The molecule has 0 atom stereocenters. The Bertz CT molecular complexity index is 1020. The van der Waals surface area contributed by atoms with Gasteiger partial charge in [0, 0.05) is 38.1 Å². The Hall–Kier alpha value is -3.48. The molecule has 3 heterocycles. The van der Waals surface area contributed by atoms with Gasteiger partial charge in [0.1, 0.15) is 0 Å². The third-order valence-electron chi connectivity index (χ3n) is 5.71. The molecule has 2 aromatic heterocycles. The summed E-state index contributed by atoms with van der Waals surface area (Å²) in [6, 6.07) is 15.1.